The molecule has 0 spiro atoms. The van der Waals surface area contributed by atoms with E-state index >= 15 is 0 Å². The van der Waals surface area contributed by atoms with Gasteiger partial charge in [-0.15, -0.1) is 11.8 Å². The molecule has 1 aliphatic heterocycles. The van der Waals surface area contributed by atoms with Crippen LogP contribution >= 0.6 is 11.8 Å². The van der Waals surface area contributed by atoms with Crippen molar-refractivity contribution in [3.63, 3.8) is 0 Å². The highest BCUT2D eigenvalue weighted by Crippen LogP contribution is 2.32. The smallest absolute Gasteiger partial charge is 0.324 e. The number of benzene rings is 2. The summed E-state index contributed by atoms with van der Waals surface area (Å²) in [6, 6.07) is 12.0. The van der Waals surface area contributed by atoms with Gasteiger partial charge in [-0.25, -0.2) is 9.18 Å². The lowest BCUT2D eigenvalue weighted by molar-refractivity contribution is -0.134. The molecule has 1 heterocycles. The van der Waals surface area contributed by atoms with Crippen LogP contribution in [0.15, 0.2) is 53.4 Å². The first-order valence-electron chi connectivity index (χ1n) is 8.74. The van der Waals surface area contributed by atoms with Crippen molar-refractivity contribution in [2.24, 2.45) is 0 Å². The summed E-state index contributed by atoms with van der Waals surface area (Å²) >= 11 is 1.48. The van der Waals surface area contributed by atoms with Gasteiger partial charge in [0.15, 0.2) is 0 Å². The molecule has 0 aliphatic carbocycles. The number of anilines is 1. The van der Waals surface area contributed by atoms with Gasteiger partial charge in [-0.1, -0.05) is 31.2 Å². The van der Waals surface area contributed by atoms with E-state index in [9.17, 15) is 18.8 Å². The molecule has 1 fully saturated rings. The fourth-order valence-electron chi connectivity index (χ4n) is 3.22. The SMILES string of the molecule is CC[C@@]1(c2ccc(F)cc2)NC(=O)N(CC(=O)Nc2ccccc2SC)C1=O. The number of nitrogens with zero attached hydrogens (tertiary/aromatic N) is 1. The number of hydrogen-bond acceptors (Lipinski definition) is 4. The van der Waals surface area contributed by atoms with Crippen molar-refractivity contribution in [3.05, 3.63) is 59.9 Å². The van der Waals surface area contributed by atoms with Crippen LogP contribution in [0.5, 0.6) is 0 Å². The maximum atomic E-state index is 13.3. The Kier molecular flexibility index (Phi) is 5.69. The molecule has 2 aromatic carbocycles. The molecule has 1 saturated heterocycles. The van der Waals surface area contributed by atoms with Gasteiger partial charge in [0.05, 0.1) is 5.69 Å². The first-order chi connectivity index (χ1) is 13.4. The molecule has 2 N–H and O–H groups in total. The summed E-state index contributed by atoms with van der Waals surface area (Å²) < 4.78 is 13.3. The molecule has 146 valence electrons. The monoisotopic (exact) mass is 401 g/mol. The third-order valence-electron chi connectivity index (χ3n) is 4.73. The van der Waals surface area contributed by atoms with Crippen molar-refractivity contribution in [1.29, 1.82) is 0 Å². The molecule has 0 aromatic heterocycles. The quantitative estimate of drug-likeness (QED) is 0.575. The van der Waals surface area contributed by atoms with Crippen LogP contribution in [0.1, 0.15) is 18.9 Å². The largest absolute Gasteiger partial charge is 0.325 e. The maximum absolute atomic E-state index is 13.3. The molecular formula is C20H20FN3O3S. The van der Waals surface area contributed by atoms with Crippen molar-refractivity contribution in [1.82, 2.24) is 10.2 Å². The van der Waals surface area contributed by atoms with E-state index < -0.39 is 35.7 Å². The molecule has 0 bridgehead atoms. The summed E-state index contributed by atoms with van der Waals surface area (Å²) in [5, 5.41) is 5.41. The van der Waals surface area contributed by atoms with Crippen molar-refractivity contribution < 1.29 is 18.8 Å². The van der Waals surface area contributed by atoms with Crippen LogP contribution in [0.25, 0.3) is 0 Å². The van der Waals surface area contributed by atoms with E-state index in [0.717, 1.165) is 9.80 Å². The lowest BCUT2D eigenvalue weighted by atomic mass is 9.87. The predicted molar refractivity (Wildman–Crippen MR) is 105 cm³/mol. The van der Waals surface area contributed by atoms with Gasteiger partial charge in [-0.2, -0.15) is 0 Å². The standard InChI is InChI=1S/C20H20FN3O3S/c1-3-20(13-8-10-14(21)11-9-13)18(26)24(19(27)23-20)12-17(25)22-15-6-4-5-7-16(15)28-2/h4-11H,3,12H2,1-2H3,(H,22,25)(H,23,27)/t20-/m0/s1. The third kappa shape index (κ3) is 3.60. The second-order valence-corrected chi connectivity index (χ2v) is 7.18. The van der Waals surface area contributed by atoms with Crippen LogP contribution in [0.4, 0.5) is 14.9 Å². The number of imide groups is 1. The molecule has 28 heavy (non-hydrogen) atoms. The van der Waals surface area contributed by atoms with Crippen LogP contribution in [-0.2, 0) is 15.1 Å². The van der Waals surface area contributed by atoms with Gasteiger partial charge in [0, 0.05) is 4.90 Å². The fourth-order valence-corrected chi connectivity index (χ4v) is 3.78. The summed E-state index contributed by atoms with van der Waals surface area (Å²) in [7, 11) is 0. The van der Waals surface area contributed by atoms with Gasteiger partial charge in [0.25, 0.3) is 5.91 Å². The normalized spacial score (nSPS) is 18.9. The Bertz CT molecular complexity index is 919. The minimum absolute atomic E-state index is 0.274. The highest BCUT2D eigenvalue weighted by atomic mass is 32.2. The lowest BCUT2D eigenvalue weighted by Gasteiger charge is -2.25. The second-order valence-electron chi connectivity index (χ2n) is 6.34. The average molecular weight is 401 g/mol. The molecule has 6 nitrogen and oxygen atoms in total. The highest BCUT2D eigenvalue weighted by molar-refractivity contribution is 7.98. The third-order valence-corrected chi connectivity index (χ3v) is 5.52. The molecule has 2 aromatic rings. The molecule has 1 atom stereocenters. The van der Waals surface area contributed by atoms with Crippen molar-refractivity contribution in [2.75, 3.05) is 18.1 Å². The van der Waals surface area contributed by atoms with E-state index in [-0.39, 0.29) is 6.42 Å². The van der Waals surface area contributed by atoms with E-state index in [1.165, 1.54) is 36.0 Å². The number of halogens is 1. The van der Waals surface area contributed by atoms with E-state index in [1.807, 2.05) is 18.4 Å². The predicted octanol–water partition coefficient (Wildman–Crippen LogP) is 3.34. The number of nitrogens with one attached hydrogen (secondary N) is 2. The highest BCUT2D eigenvalue weighted by Gasteiger charge is 2.51. The van der Waals surface area contributed by atoms with Gasteiger partial charge >= 0.3 is 6.03 Å². The molecule has 4 amide bonds. The number of thioether (sulfide) groups is 1. The summed E-state index contributed by atoms with van der Waals surface area (Å²) in [6.45, 7) is 1.34. The number of para-hydroxylation sites is 1. The van der Waals surface area contributed by atoms with Gasteiger partial charge in [0.1, 0.15) is 17.9 Å². The molecule has 3 rings (SSSR count). The van der Waals surface area contributed by atoms with Crippen molar-refractivity contribution >= 4 is 35.3 Å². The number of rotatable bonds is 6. The Morgan fingerprint density at radius 1 is 1.18 bits per heavy atom. The van der Waals surface area contributed by atoms with Crippen molar-refractivity contribution in [2.45, 2.75) is 23.8 Å². The number of urea groups is 1. The van der Waals surface area contributed by atoms with E-state index in [2.05, 4.69) is 10.6 Å². The Balaban J connectivity index is 1.79. The van der Waals surface area contributed by atoms with Crippen LogP contribution in [0, 0.1) is 5.82 Å². The molecule has 8 heteroatoms. The molecular weight excluding hydrogens is 381 g/mol. The Morgan fingerprint density at radius 3 is 2.50 bits per heavy atom. The first-order valence-corrected chi connectivity index (χ1v) is 9.96. The zero-order valence-corrected chi connectivity index (χ0v) is 16.3. The van der Waals surface area contributed by atoms with Crippen LogP contribution in [0.3, 0.4) is 0 Å². The zero-order chi connectivity index (χ0) is 20.3. The van der Waals surface area contributed by atoms with Crippen LogP contribution in [-0.4, -0.2) is 35.5 Å². The first kappa shape index (κ1) is 19.9. The van der Waals surface area contributed by atoms with Gasteiger partial charge in [-0.05, 0) is 42.5 Å². The second kappa shape index (κ2) is 8.02. The molecule has 0 saturated carbocycles. The zero-order valence-electron chi connectivity index (χ0n) is 15.5. The van der Waals surface area contributed by atoms with Gasteiger partial charge in [-0.3, -0.25) is 14.5 Å². The lowest BCUT2D eigenvalue weighted by Crippen LogP contribution is -2.44. The van der Waals surface area contributed by atoms with E-state index in [0.29, 0.717) is 11.3 Å². The number of amides is 4. The van der Waals surface area contributed by atoms with Crippen LogP contribution in [0.2, 0.25) is 0 Å². The number of carbonyl (C=O) groups is 3. The Hall–Kier alpha value is -2.87. The molecule has 0 unspecified atom stereocenters. The molecule has 0 radical (unpaired) electrons. The number of carbonyl (C=O) groups excluding carboxylic acids is 3. The molecule has 1 aliphatic rings. The number of hydrogen-bond donors (Lipinski definition) is 2. The Labute approximate surface area is 166 Å². The minimum Gasteiger partial charge on any atom is -0.324 e. The fraction of sp³-hybridized carbons (Fsp3) is 0.250. The van der Waals surface area contributed by atoms with Gasteiger partial charge in [0.2, 0.25) is 5.91 Å². The average Bonchev–Trinajstić information content (AvgIpc) is 2.94. The minimum atomic E-state index is -1.30. The summed E-state index contributed by atoms with van der Waals surface area (Å²) in [5.41, 5.74) is -0.208. The summed E-state index contributed by atoms with van der Waals surface area (Å²) in [6.07, 6.45) is 2.16. The topological polar surface area (TPSA) is 78.5 Å². The van der Waals surface area contributed by atoms with E-state index in [1.54, 1.807) is 19.1 Å². The van der Waals surface area contributed by atoms with Crippen molar-refractivity contribution in [3.8, 4) is 0 Å². The van der Waals surface area contributed by atoms with Gasteiger partial charge < -0.3 is 10.6 Å². The maximum Gasteiger partial charge on any atom is 0.325 e. The Morgan fingerprint density at radius 2 is 1.86 bits per heavy atom. The van der Waals surface area contributed by atoms with E-state index in [4.69, 9.17) is 0 Å². The van der Waals surface area contributed by atoms with Crippen LogP contribution < -0.4 is 10.6 Å². The summed E-state index contributed by atoms with van der Waals surface area (Å²) in [5.74, 6) is -1.44. The summed E-state index contributed by atoms with van der Waals surface area (Å²) in [4.78, 5) is 39.7.